The lowest BCUT2D eigenvalue weighted by Gasteiger charge is -2.29. The van der Waals surface area contributed by atoms with E-state index in [9.17, 15) is 19.4 Å². The average molecular weight is 751 g/mol. The first-order valence-corrected chi connectivity index (χ1v) is 22.1. The number of amides is 1. The molecule has 0 aliphatic heterocycles. The first-order chi connectivity index (χ1) is 25.0. The van der Waals surface area contributed by atoms with Crippen molar-refractivity contribution < 1.29 is 32.9 Å². The first kappa shape index (κ1) is 50.2. The van der Waals surface area contributed by atoms with Gasteiger partial charge < -0.3 is 28.8 Å². The first-order valence-electron chi connectivity index (χ1n) is 20.7. The Kier molecular flexibility index (Phi) is 33.7. The Morgan fingerprint density at radius 3 is 1.71 bits per heavy atom. The van der Waals surface area contributed by atoms with Gasteiger partial charge in [0.25, 0.3) is 7.82 Å². The van der Waals surface area contributed by atoms with Crippen molar-refractivity contribution >= 4 is 13.7 Å². The van der Waals surface area contributed by atoms with Crippen molar-refractivity contribution in [3.8, 4) is 0 Å². The number of carbonyl (C=O) groups excluding carboxylic acids is 1. The van der Waals surface area contributed by atoms with Gasteiger partial charge in [0.05, 0.1) is 39.9 Å². The predicted molar refractivity (Wildman–Crippen MR) is 219 cm³/mol. The van der Waals surface area contributed by atoms with Crippen molar-refractivity contribution in [2.24, 2.45) is 0 Å². The van der Waals surface area contributed by atoms with Gasteiger partial charge in [-0.15, -0.1) is 0 Å². The SMILES string of the molecule is CC/C=C\C/C=C\C/C=C\C/C=C\CCCCC(=O)NC(COP(=O)([O-])OCC[N+](C)(C)C)C(O)/C=C/CCCCCCCCCCCCCCC. The Hall–Kier alpha value is -1.80. The molecule has 0 aromatic heterocycles. The van der Waals surface area contributed by atoms with Crippen LogP contribution in [0.25, 0.3) is 0 Å². The number of aliphatic hydroxyl groups excluding tert-OH is 1. The van der Waals surface area contributed by atoms with Gasteiger partial charge in [-0.25, -0.2) is 0 Å². The highest BCUT2D eigenvalue weighted by Gasteiger charge is 2.23. The second-order valence-electron chi connectivity index (χ2n) is 15.0. The molecule has 3 atom stereocenters. The van der Waals surface area contributed by atoms with Crippen LogP contribution in [-0.2, 0) is 18.4 Å². The summed E-state index contributed by atoms with van der Waals surface area (Å²) in [4.78, 5) is 25.2. The number of allylic oxidation sites excluding steroid dienone is 9. The van der Waals surface area contributed by atoms with E-state index in [2.05, 4.69) is 67.8 Å². The molecule has 52 heavy (non-hydrogen) atoms. The van der Waals surface area contributed by atoms with Crippen LogP contribution in [0.4, 0.5) is 0 Å². The summed E-state index contributed by atoms with van der Waals surface area (Å²) in [5.74, 6) is -0.241. The summed E-state index contributed by atoms with van der Waals surface area (Å²) in [6.45, 7) is 4.47. The second-order valence-corrected chi connectivity index (χ2v) is 16.4. The number of quaternary nitrogens is 1. The summed E-state index contributed by atoms with van der Waals surface area (Å²) in [5, 5.41) is 13.7. The van der Waals surface area contributed by atoms with E-state index >= 15 is 0 Å². The lowest BCUT2D eigenvalue weighted by Crippen LogP contribution is -2.45. The minimum atomic E-state index is -4.60. The zero-order valence-electron chi connectivity index (χ0n) is 34.0. The number of rotatable bonds is 36. The van der Waals surface area contributed by atoms with Gasteiger partial charge in [0.2, 0.25) is 5.91 Å². The Balaban J connectivity index is 4.58. The van der Waals surface area contributed by atoms with E-state index < -0.39 is 26.6 Å². The third kappa shape index (κ3) is 36.6. The number of phosphoric ester groups is 1. The summed E-state index contributed by atoms with van der Waals surface area (Å²) in [6, 6.07) is -0.908. The van der Waals surface area contributed by atoms with Crippen LogP contribution in [-0.4, -0.2) is 68.5 Å². The van der Waals surface area contributed by atoms with E-state index in [0.29, 0.717) is 17.4 Å². The minimum Gasteiger partial charge on any atom is -0.756 e. The maximum Gasteiger partial charge on any atom is 0.268 e. The molecule has 3 unspecified atom stereocenters. The standard InChI is InChI=1S/C43H79N2O6P/c1-6-8-10-12-14-16-18-20-22-24-26-28-30-32-34-36-42(46)41(40-51-52(48,49)50-39-38-45(3,4)5)44-43(47)37-35-33-31-29-27-25-23-21-19-17-15-13-11-9-7-2/h9,11,15,17,21,23,27,29,34,36,41-42,46H,6-8,10,12-14,16,18-20,22,24-26,28,30-33,35,37-40H2,1-5H3,(H-,44,47,48,49)/b11-9-,17-15-,23-21-,29-27-,36-34+. The van der Waals surface area contributed by atoms with Crippen LogP contribution < -0.4 is 10.2 Å². The molecule has 1 amide bonds. The molecule has 0 rings (SSSR count). The van der Waals surface area contributed by atoms with Gasteiger partial charge in [0, 0.05) is 6.42 Å². The molecule has 9 heteroatoms. The minimum absolute atomic E-state index is 0.0117. The van der Waals surface area contributed by atoms with Gasteiger partial charge in [-0.3, -0.25) is 9.36 Å². The maximum atomic E-state index is 12.8. The average Bonchev–Trinajstić information content (AvgIpc) is 3.09. The molecule has 0 fully saturated rings. The summed E-state index contributed by atoms with van der Waals surface area (Å²) in [6.07, 6.45) is 44.1. The molecule has 0 spiro atoms. The van der Waals surface area contributed by atoms with E-state index in [1.165, 1.54) is 70.6 Å². The van der Waals surface area contributed by atoms with Crippen molar-refractivity contribution in [2.75, 3.05) is 40.9 Å². The summed E-state index contributed by atoms with van der Waals surface area (Å²) < 4.78 is 23.1. The molecule has 0 bridgehead atoms. The highest BCUT2D eigenvalue weighted by atomic mass is 31.2. The Labute approximate surface area is 320 Å². The zero-order chi connectivity index (χ0) is 38.6. The second kappa shape index (κ2) is 34.9. The zero-order valence-corrected chi connectivity index (χ0v) is 34.9. The van der Waals surface area contributed by atoms with Crippen molar-refractivity contribution in [1.29, 1.82) is 0 Å². The van der Waals surface area contributed by atoms with Crippen LogP contribution in [0, 0.1) is 0 Å². The van der Waals surface area contributed by atoms with Crippen LogP contribution in [0.5, 0.6) is 0 Å². The number of hydrogen-bond acceptors (Lipinski definition) is 6. The number of aliphatic hydroxyl groups is 1. The van der Waals surface area contributed by atoms with Crippen LogP contribution in [0.15, 0.2) is 60.8 Å². The number of likely N-dealkylation sites (N-methyl/N-ethyl adjacent to an activating group) is 1. The number of nitrogens with one attached hydrogen (secondary N) is 1. The van der Waals surface area contributed by atoms with Gasteiger partial charge >= 0.3 is 0 Å². The normalized spacial score (nSPS) is 15.1. The quantitative estimate of drug-likeness (QED) is 0.0286. The Morgan fingerprint density at radius 1 is 0.692 bits per heavy atom. The summed E-state index contributed by atoms with van der Waals surface area (Å²) in [7, 11) is 1.22. The lowest BCUT2D eigenvalue weighted by molar-refractivity contribution is -0.870. The molecular weight excluding hydrogens is 671 g/mol. The molecule has 0 saturated carbocycles. The van der Waals surface area contributed by atoms with Crippen LogP contribution in [0.3, 0.4) is 0 Å². The van der Waals surface area contributed by atoms with Crippen LogP contribution in [0.2, 0.25) is 0 Å². The van der Waals surface area contributed by atoms with E-state index in [1.807, 2.05) is 27.2 Å². The highest BCUT2D eigenvalue weighted by Crippen LogP contribution is 2.38. The van der Waals surface area contributed by atoms with Crippen LogP contribution in [0.1, 0.15) is 155 Å². The molecule has 0 aromatic rings. The number of nitrogens with zero attached hydrogens (tertiary/aromatic N) is 1. The molecular formula is C43H79N2O6P. The summed E-state index contributed by atoms with van der Waals surface area (Å²) in [5.41, 5.74) is 0. The number of hydrogen-bond donors (Lipinski definition) is 2. The molecule has 8 nitrogen and oxygen atoms in total. The molecule has 0 radical (unpaired) electrons. The molecule has 0 aliphatic carbocycles. The number of phosphoric acid groups is 1. The van der Waals surface area contributed by atoms with Gasteiger partial charge in [-0.2, -0.15) is 0 Å². The molecule has 302 valence electrons. The van der Waals surface area contributed by atoms with Gasteiger partial charge in [-0.05, 0) is 57.8 Å². The molecule has 0 heterocycles. The highest BCUT2D eigenvalue weighted by molar-refractivity contribution is 7.45. The Bertz CT molecular complexity index is 1030. The van der Waals surface area contributed by atoms with Crippen molar-refractivity contribution in [3.05, 3.63) is 60.8 Å². The molecule has 0 saturated heterocycles. The van der Waals surface area contributed by atoms with Crippen LogP contribution >= 0.6 is 7.82 Å². The van der Waals surface area contributed by atoms with Crippen molar-refractivity contribution in [3.63, 3.8) is 0 Å². The topological polar surface area (TPSA) is 108 Å². The monoisotopic (exact) mass is 751 g/mol. The van der Waals surface area contributed by atoms with Gasteiger partial charge in [0.1, 0.15) is 13.2 Å². The van der Waals surface area contributed by atoms with Crippen molar-refractivity contribution in [1.82, 2.24) is 5.32 Å². The Morgan fingerprint density at radius 2 is 1.17 bits per heavy atom. The third-order valence-electron chi connectivity index (χ3n) is 8.73. The number of carbonyl (C=O) groups is 1. The van der Waals surface area contributed by atoms with Crippen molar-refractivity contribution in [2.45, 2.75) is 167 Å². The molecule has 0 aromatic carbocycles. The lowest BCUT2D eigenvalue weighted by atomic mass is 10.0. The van der Waals surface area contributed by atoms with E-state index in [4.69, 9.17) is 9.05 Å². The largest absolute Gasteiger partial charge is 0.756 e. The molecule has 0 aliphatic rings. The van der Waals surface area contributed by atoms with Gasteiger partial charge in [-0.1, -0.05) is 152 Å². The fourth-order valence-corrected chi connectivity index (χ4v) is 6.16. The van der Waals surface area contributed by atoms with E-state index in [1.54, 1.807) is 6.08 Å². The maximum absolute atomic E-state index is 12.8. The van der Waals surface area contributed by atoms with E-state index in [0.717, 1.165) is 57.8 Å². The summed E-state index contributed by atoms with van der Waals surface area (Å²) >= 11 is 0. The predicted octanol–water partition coefficient (Wildman–Crippen LogP) is 10.4. The fraction of sp³-hybridized carbons (Fsp3) is 0.744. The van der Waals surface area contributed by atoms with Gasteiger partial charge in [0.15, 0.2) is 0 Å². The smallest absolute Gasteiger partial charge is 0.268 e. The van der Waals surface area contributed by atoms with E-state index in [-0.39, 0.29) is 18.9 Å². The molecule has 2 N–H and O–H groups in total. The number of unbranched alkanes of at least 4 members (excludes halogenated alkanes) is 15. The fourth-order valence-electron chi connectivity index (χ4n) is 5.43. The third-order valence-corrected chi connectivity index (χ3v) is 9.70.